The maximum atomic E-state index is 13.4. The summed E-state index contributed by atoms with van der Waals surface area (Å²) in [6, 6.07) is 27.8. The van der Waals surface area contributed by atoms with E-state index in [2.05, 4.69) is 56.7 Å². The minimum Gasteiger partial charge on any atom is -0.369 e. The molecule has 6 rings (SSSR count). The monoisotopic (exact) mass is 562 g/mol. The number of likely N-dealkylation sites (tertiary alicyclic amines) is 1. The molecule has 0 aliphatic carbocycles. The summed E-state index contributed by atoms with van der Waals surface area (Å²) < 4.78 is 1.64. The van der Waals surface area contributed by atoms with Crippen LogP contribution in [0.3, 0.4) is 0 Å². The summed E-state index contributed by atoms with van der Waals surface area (Å²) in [6.45, 7) is 4.57. The number of aromatic nitrogens is 3. The zero-order valence-corrected chi connectivity index (χ0v) is 23.7. The van der Waals surface area contributed by atoms with Crippen LogP contribution in [0.1, 0.15) is 58.2 Å². The molecule has 1 fully saturated rings. The predicted octanol–water partition coefficient (Wildman–Crippen LogP) is 7.06. The maximum Gasteiger partial charge on any atom is 0.214 e. The molecule has 7 nitrogen and oxygen atoms in total. The van der Waals surface area contributed by atoms with Crippen molar-refractivity contribution in [2.24, 2.45) is 0 Å². The number of nitrogens with one attached hydrogen (secondary N) is 2. The molecule has 2 N–H and O–H groups in total. The molecule has 0 saturated carbocycles. The molecule has 0 bridgehead atoms. The maximum absolute atomic E-state index is 13.4. The van der Waals surface area contributed by atoms with Gasteiger partial charge in [0.1, 0.15) is 17.5 Å². The van der Waals surface area contributed by atoms with Crippen molar-refractivity contribution in [3.63, 3.8) is 0 Å². The average molecular weight is 563 g/mol. The van der Waals surface area contributed by atoms with Gasteiger partial charge in [0.2, 0.25) is 5.78 Å². The van der Waals surface area contributed by atoms with Crippen LogP contribution in [0, 0.1) is 18.3 Å². The van der Waals surface area contributed by atoms with Gasteiger partial charge in [0.05, 0.1) is 5.69 Å². The summed E-state index contributed by atoms with van der Waals surface area (Å²) >= 11 is 6.13. The third kappa shape index (κ3) is 5.49. The quantitative estimate of drug-likeness (QED) is 0.148. The van der Waals surface area contributed by atoms with E-state index in [1.807, 2.05) is 31.2 Å². The van der Waals surface area contributed by atoms with Crippen LogP contribution in [-0.4, -0.2) is 45.1 Å². The lowest BCUT2D eigenvalue weighted by Crippen LogP contribution is -2.26. The number of aryl methyl sites for hydroxylation is 1. The smallest absolute Gasteiger partial charge is 0.214 e. The second-order valence-corrected chi connectivity index (χ2v) is 11.0. The van der Waals surface area contributed by atoms with Crippen molar-refractivity contribution in [3.8, 4) is 11.8 Å². The van der Waals surface area contributed by atoms with Crippen molar-refractivity contribution >= 4 is 34.1 Å². The first-order valence-electron chi connectivity index (χ1n) is 14.0. The third-order valence-corrected chi connectivity index (χ3v) is 8.04. The van der Waals surface area contributed by atoms with Crippen molar-refractivity contribution in [1.82, 2.24) is 19.7 Å². The van der Waals surface area contributed by atoms with Crippen LogP contribution in [0.4, 0.5) is 5.82 Å². The lowest BCUT2D eigenvalue weighted by atomic mass is 10.0. The number of nitrogens with zero attached hydrogens (tertiary/aromatic N) is 4. The number of aromatic amines is 1. The van der Waals surface area contributed by atoms with Gasteiger partial charge in [-0.05, 0) is 74.5 Å². The standard InChI is InChI=1S/C33H31ClN6O/c1-22-9-11-23(12-10-22)32(41)31-27(21-35)33(40(38-31)26-15-13-25(34)14-16-26)36-17-5-19-39-18-4-8-30(39)29-20-24-6-2-3-7-28(24)37-29/h2-3,6-7,9-16,20,30,36-37H,4-5,8,17-19H2,1H3. The van der Waals surface area contributed by atoms with Gasteiger partial charge in [0.15, 0.2) is 5.69 Å². The number of fused-ring (bicyclic) bond motifs is 1. The Hall–Kier alpha value is -4.38. The molecule has 5 aromatic rings. The lowest BCUT2D eigenvalue weighted by Gasteiger charge is -2.23. The van der Waals surface area contributed by atoms with Crippen molar-refractivity contribution in [2.75, 3.05) is 25.0 Å². The summed E-state index contributed by atoms with van der Waals surface area (Å²) in [5.74, 6) is 0.231. The molecule has 1 unspecified atom stereocenters. The van der Waals surface area contributed by atoms with Gasteiger partial charge in [-0.3, -0.25) is 9.69 Å². The van der Waals surface area contributed by atoms with Crippen molar-refractivity contribution in [3.05, 3.63) is 112 Å². The summed E-state index contributed by atoms with van der Waals surface area (Å²) in [7, 11) is 0. The second kappa shape index (κ2) is 11.6. The molecule has 2 aromatic heterocycles. The molecular formula is C33H31ClN6O. The molecular weight excluding hydrogens is 532 g/mol. The number of hydrogen-bond donors (Lipinski definition) is 2. The number of halogens is 1. The molecule has 41 heavy (non-hydrogen) atoms. The molecule has 0 amide bonds. The number of carbonyl (C=O) groups is 1. The van der Waals surface area contributed by atoms with Crippen LogP contribution >= 0.6 is 11.6 Å². The van der Waals surface area contributed by atoms with E-state index in [0.29, 0.717) is 29.0 Å². The molecule has 8 heteroatoms. The highest BCUT2D eigenvalue weighted by atomic mass is 35.5. The summed E-state index contributed by atoms with van der Waals surface area (Å²) in [4.78, 5) is 19.6. The van der Waals surface area contributed by atoms with Gasteiger partial charge in [-0.25, -0.2) is 4.68 Å². The van der Waals surface area contributed by atoms with E-state index >= 15 is 0 Å². The number of hydrogen-bond acceptors (Lipinski definition) is 5. The van der Waals surface area contributed by atoms with Crippen LogP contribution in [-0.2, 0) is 0 Å². The van der Waals surface area contributed by atoms with Gasteiger partial charge in [-0.15, -0.1) is 0 Å². The Morgan fingerprint density at radius 2 is 1.90 bits per heavy atom. The summed E-state index contributed by atoms with van der Waals surface area (Å²) in [5.41, 5.74) is 5.08. The topological polar surface area (TPSA) is 89.7 Å². The number of benzene rings is 3. The van der Waals surface area contributed by atoms with Gasteiger partial charge in [0, 0.05) is 40.9 Å². The van der Waals surface area contributed by atoms with E-state index in [4.69, 9.17) is 11.6 Å². The number of nitriles is 1. The largest absolute Gasteiger partial charge is 0.369 e. The fourth-order valence-corrected chi connectivity index (χ4v) is 5.79. The second-order valence-electron chi connectivity index (χ2n) is 10.6. The van der Waals surface area contributed by atoms with E-state index in [-0.39, 0.29) is 17.0 Å². The highest BCUT2D eigenvalue weighted by Crippen LogP contribution is 2.33. The van der Waals surface area contributed by atoms with Gasteiger partial charge < -0.3 is 10.3 Å². The minimum atomic E-state index is -0.282. The highest BCUT2D eigenvalue weighted by Gasteiger charge is 2.28. The summed E-state index contributed by atoms with van der Waals surface area (Å²) in [6.07, 6.45) is 3.17. The first-order chi connectivity index (χ1) is 20.0. The van der Waals surface area contributed by atoms with Gasteiger partial charge >= 0.3 is 0 Å². The van der Waals surface area contributed by atoms with Crippen LogP contribution in [0.2, 0.25) is 5.02 Å². The number of rotatable bonds is 9. The van der Waals surface area contributed by atoms with E-state index in [0.717, 1.165) is 37.2 Å². The predicted molar refractivity (Wildman–Crippen MR) is 163 cm³/mol. The van der Waals surface area contributed by atoms with Crippen LogP contribution in [0.5, 0.6) is 0 Å². The Morgan fingerprint density at radius 1 is 1.12 bits per heavy atom. The molecule has 3 heterocycles. The number of ketones is 1. The van der Waals surface area contributed by atoms with Crippen LogP contribution in [0.15, 0.2) is 78.9 Å². The fourth-order valence-electron chi connectivity index (χ4n) is 5.67. The molecule has 206 valence electrons. The van der Waals surface area contributed by atoms with Crippen LogP contribution in [0.25, 0.3) is 16.6 Å². The first kappa shape index (κ1) is 26.8. The molecule has 1 aliphatic heterocycles. The van der Waals surface area contributed by atoms with Crippen molar-refractivity contribution in [2.45, 2.75) is 32.2 Å². The van der Waals surface area contributed by atoms with Gasteiger partial charge in [-0.1, -0.05) is 59.6 Å². The van der Waals surface area contributed by atoms with E-state index in [1.165, 1.54) is 23.0 Å². The van der Waals surface area contributed by atoms with Crippen LogP contribution < -0.4 is 5.32 Å². The molecule has 1 aliphatic rings. The molecule has 3 aromatic carbocycles. The zero-order valence-electron chi connectivity index (χ0n) is 22.9. The molecule has 1 saturated heterocycles. The molecule has 0 radical (unpaired) electrons. The summed E-state index contributed by atoms with van der Waals surface area (Å²) in [5, 5.41) is 20.1. The number of anilines is 1. The Morgan fingerprint density at radius 3 is 2.66 bits per heavy atom. The third-order valence-electron chi connectivity index (χ3n) is 7.79. The number of carbonyl (C=O) groups excluding carboxylic acids is 1. The normalized spacial score (nSPS) is 15.3. The fraction of sp³-hybridized carbons (Fsp3) is 0.242. The molecule has 0 spiro atoms. The Labute approximate surface area is 244 Å². The van der Waals surface area contributed by atoms with Crippen molar-refractivity contribution in [1.29, 1.82) is 5.26 Å². The van der Waals surface area contributed by atoms with E-state index < -0.39 is 0 Å². The van der Waals surface area contributed by atoms with E-state index in [1.54, 1.807) is 28.9 Å². The lowest BCUT2D eigenvalue weighted by molar-refractivity contribution is 0.103. The van der Waals surface area contributed by atoms with E-state index in [9.17, 15) is 10.1 Å². The van der Waals surface area contributed by atoms with Gasteiger partial charge in [-0.2, -0.15) is 10.4 Å². The Balaban J connectivity index is 1.21. The Bertz CT molecular complexity index is 1700. The minimum absolute atomic E-state index is 0.132. The zero-order chi connectivity index (χ0) is 28.3. The number of H-pyrrole nitrogens is 1. The van der Waals surface area contributed by atoms with Crippen molar-refractivity contribution < 1.29 is 4.79 Å². The Kier molecular flexibility index (Phi) is 7.60. The molecule has 1 atom stereocenters. The van der Waals surface area contributed by atoms with Gasteiger partial charge in [0.25, 0.3) is 0 Å². The first-order valence-corrected chi connectivity index (χ1v) is 14.4. The SMILES string of the molecule is Cc1ccc(C(=O)c2nn(-c3ccc(Cl)cc3)c(NCCCN3CCCC3c3cc4ccccc4[nH]3)c2C#N)cc1. The highest BCUT2D eigenvalue weighted by molar-refractivity contribution is 6.30. The average Bonchev–Trinajstić information content (AvgIpc) is 3.72. The number of para-hydroxylation sites is 1.